The second-order valence-electron chi connectivity index (χ2n) is 5.45. The zero-order valence-corrected chi connectivity index (χ0v) is 12.8. The normalized spacial score (nSPS) is 12.4. The van der Waals surface area contributed by atoms with Gasteiger partial charge in [0, 0.05) is 13.0 Å². The number of hydrogen-bond acceptors (Lipinski definition) is 1. The van der Waals surface area contributed by atoms with Gasteiger partial charge in [-0.05, 0) is 12.8 Å². The quantitative estimate of drug-likeness (QED) is 0.498. The maximum absolute atomic E-state index is 11.1. The van der Waals surface area contributed by atoms with Crippen molar-refractivity contribution >= 4 is 5.91 Å². The summed E-state index contributed by atoms with van der Waals surface area (Å²) in [5.74, 6) is 0.127. The van der Waals surface area contributed by atoms with Gasteiger partial charge in [0.05, 0.1) is 0 Å². The number of nitrogens with one attached hydrogen (secondary N) is 1. The first-order valence-corrected chi connectivity index (χ1v) is 7.97. The molecule has 18 heavy (non-hydrogen) atoms. The van der Waals surface area contributed by atoms with Gasteiger partial charge in [-0.2, -0.15) is 0 Å². The Morgan fingerprint density at radius 1 is 0.833 bits per heavy atom. The standard InChI is InChI=1S/C16H33NO/c1-4-6-8-9-10-12-14-16(17-15(3)18)13-11-7-5-2/h16H,4-14H2,1-3H3,(H,17,18). The molecule has 0 rings (SSSR count). The smallest absolute Gasteiger partial charge is 0.217 e. The summed E-state index contributed by atoms with van der Waals surface area (Å²) in [4.78, 5) is 11.1. The lowest BCUT2D eigenvalue weighted by atomic mass is 10.0. The van der Waals surface area contributed by atoms with Crippen molar-refractivity contribution in [3.63, 3.8) is 0 Å². The highest BCUT2D eigenvalue weighted by Crippen LogP contribution is 2.12. The molecule has 1 unspecified atom stereocenters. The van der Waals surface area contributed by atoms with Crippen molar-refractivity contribution in [1.29, 1.82) is 0 Å². The second kappa shape index (κ2) is 12.9. The highest BCUT2D eigenvalue weighted by atomic mass is 16.1. The van der Waals surface area contributed by atoms with E-state index in [1.165, 1.54) is 57.8 Å². The van der Waals surface area contributed by atoms with Crippen LogP contribution in [0.15, 0.2) is 0 Å². The van der Waals surface area contributed by atoms with Crippen molar-refractivity contribution in [2.45, 2.75) is 97.4 Å². The van der Waals surface area contributed by atoms with Gasteiger partial charge < -0.3 is 5.32 Å². The molecular formula is C16H33NO. The number of carbonyl (C=O) groups excluding carboxylic acids is 1. The van der Waals surface area contributed by atoms with Crippen molar-refractivity contribution < 1.29 is 4.79 Å². The molecule has 2 heteroatoms. The minimum atomic E-state index is 0.127. The number of unbranched alkanes of at least 4 members (excludes halogenated alkanes) is 7. The Morgan fingerprint density at radius 3 is 1.83 bits per heavy atom. The average molecular weight is 255 g/mol. The first-order valence-electron chi connectivity index (χ1n) is 7.97. The zero-order valence-electron chi connectivity index (χ0n) is 12.8. The van der Waals surface area contributed by atoms with Gasteiger partial charge in [-0.3, -0.25) is 4.79 Å². The molecule has 1 atom stereocenters. The second-order valence-corrected chi connectivity index (χ2v) is 5.45. The summed E-state index contributed by atoms with van der Waals surface area (Å²) in [6, 6.07) is 0.417. The number of amides is 1. The van der Waals surface area contributed by atoms with E-state index in [2.05, 4.69) is 19.2 Å². The third-order valence-corrected chi connectivity index (χ3v) is 3.47. The van der Waals surface area contributed by atoms with Gasteiger partial charge in [0.2, 0.25) is 5.91 Å². The molecule has 0 bridgehead atoms. The molecule has 0 aromatic rings. The monoisotopic (exact) mass is 255 g/mol. The maximum Gasteiger partial charge on any atom is 0.217 e. The molecule has 0 aliphatic heterocycles. The molecule has 0 aliphatic carbocycles. The fourth-order valence-electron chi connectivity index (χ4n) is 2.39. The molecule has 0 saturated carbocycles. The Balaban J connectivity index is 3.61. The number of rotatable bonds is 12. The number of carbonyl (C=O) groups is 1. The summed E-state index contributed by atoms with van der Waals surface area (Å²) in [6.07, 6.45) is 14.1. The molecule has 0 aromatic heterocycles. The van der Waals surface area contributed by atoms with E-state index >= 15 is 0 Å². The van der Waals surface area contributed by atoms with Crippen LogP contribution in [0.25, 0.3) is 0 Å². The molecule has 0 heterocycles. The van der Waals surface area contributed by atoms with Crippen LogP contribution in [0.3, 0.4) is 0 Å². The van der Waals surface area contributed by atoms with Crippen LogP contribution in [0.4, 0.5) is 0 Å². The number of hydrogen-bond donors (Lipinski definition) is 1. The van der Waals surface area contributed by atoms with E-state index in [1.807, 2.05) is 0 Å². The molecule has 0 aliphatic rings. The van der Waals surface area contributed by atoms with Gasteiger partial charge in [-0.1, -0.05) is 71.6 Å². The van der Waals surface area contributed by atoms with Gasteiger partial charge >= 0.3 is 0 Å². The summed E-state index contributed by atoms with van der Waals surface area (Å²) in [5, 5.41) is 3.10. The van der Waals surface area contributed by atoms with E-state index in [9.17, 15) is 4.79 Å². The van der Waals surface area contributed by atoms with Crippen molar-refractivity contribution in [2.75, 3.05) is 0 Å². The summed E-state index contributed by atoms with van der Waals surface area (Å²) in [7, 11) is 0. The Hall–Kier alpha value is -0.530. The van der Waals surface area contributed by atoms with Gasteiger partial charge in [-0.15, -0.1) is 0 Å². The Morgan fingerprint density at radius 2 is 1.28 bits per heavy atom. The van der Waals surface area contributed by atoms with Gasteiger partial charge in [0.25, 0.3) is 0 Å². The summed E-state index contributed by atoms with van der Waals surface area (Å²) in [6.45, 7) is 6.11. The zero-order chi connectivity index (χ0) is 13.6. The van der Waals surface area contributed by atoms with Gasteiger partial charge in [-0.25, -0.2) is 0 Å². The summed E-state index contributed by atoms with van der Waals surface area (Å²) in [5.41, 5.74) is 0. The summed E-state index contributed by atoms with van der Waals surface area (Å²) >= 11 is 0. The topological polar surface area (TPSA) is 29.1 Å². The lowest BCUT2D eigenvalue weighted by molar-refractivity contribution is -0.119. The first kappa shape index (κ1) is 17.5. The predicted molar refractivity (Wildman–Crippen MR) is 79.7 cm³/mol. The lowest BCUT2D eigenvalue weighted by Gasteiger charge is -2.17. The molecule has 1 N–H and O–H groups in total. The fourth-order valence-corrected chi connectivity index (χ4v) is 2.39. The first-order chi connectivity index (χ1) is 8.70. The van der Waals surface area contributed by atoms with Crippen molar-refractivity contribution in [3.05, 3.63) is 0 Å². The third-order valence-electron chi connectivity index (χ3n) is 3.47. The van der Waals surface area contributed by atoms with Crippen molar-refractivity contribution in [1.82, 2.24) is 5.32 Å². The van der Waals surface area contributed by atoms with Crippen LogP contribution in [0.1, 0.15) is 91.4 Å². The van der Waals surface area contributed by atoms with E-state index in [4.69, 9.17) is 0 Å². The van der Waals surface area contributed by atoms with Crippen LogP contribution >= 0.6 is 0 Å². The molecule has 0 saturated heterocycles. The SMILES string of the molecule is CCCCCCCCC(CCCCC)NC(C)=O. The minimum absolute atomic E-state index is 0.127. The van der Waals surface area contributed by atoms with E-state index in [1.54, 1.807) is 6.92 Å². The van der Waals surface area contributed by atoms with Crippen LogP contribution in [0.2, 0.25) is 0 Å². The van der Waals surface area contributed by atoms with Crippen molar-refractivity contribution in [3.8, 4) is 0 Å². The van der Waals surface area contributed by atoms with Crippen LogP contribution in [-0.4, -0.2) is 11.9 Å². The highest BCUT2D eigenvalue weighted by molar-refractivity contribution is 5.73. The van der Waals surface area contributed by atoms with E-state index in [-0.39, 0.29) is 5.91 Å². The Bertz CT molecular complexity index is 192. The molecule has 108 valence electrons. The molecule has 1 amide bonds. The highest BCUT2D eigenvalue weighted by Gasteiger charge is 2.08. The largest absolute Gasteiger partial charge is 0.354 e. The molecule has 0 aromatic carbocycles. The third kappa shape index (κ3) is 11.9. The molecule has 0 fully saturated rings. The van der Waals surface area contributed by atoms with Crippen LogP contribution < -0.4 is 5.32 Å². The van der Waals surface area contributed by atoms with Crippen LogP contribution in [0, 0.1) is 0 Å². The average Bonchev–Trinajstić information content (AvgIpc) is 2.33. The van der Waals surface area contributed by atoms with Gasteiger partial charge in [0.1, 0.15) is 0 Å². The van der Waals surface area contributed by atoms with Crippen molar-refractivity contribution in [2.24, 2.45) is 0 Å². The molecule has 0 radical (unpaired) electrons. The minimum Gasteiger partial charge on any atom is -0.354 e. The predicted octanol–water partition coefficient (Wildman–Crippen LogP) is 4.82. The van der Waals surface area contributed by atoms with E-state index < -0.39 is 0 Å². The maximum atomic E-state index is 11.1. The van der Waals surface area contributed by atoms with Crippen LogP contribution in [-0.2, 0) is 4.79 Å². The van der Waals surface area contributed by atoms with Gasteiger partial charge in [0.15, 0.2) is 0 Å². The Labute approximate surface area is 114 Å². The van der Waals surface area contributed by atoms with E-state index in [0.717, 1.165) is 12.8 Å². The lowest BCUT2D eigenvalue weighted by Crippen LogP contribution is -2.32. The molecule has 2 nitrogen and oxygen atoms in total. The molecule has 0 spiro atoms. The Kier molecular flexibility index (Phi) is 12.5. The van der Waals surface area contributed by atoms with Crippen LogP contribution in [0.5, 0.6) is 0 Å². The fraction of sp³-hybridized carbons (Fsp3) is 0.938. The van der Waals surface area contributed by atoms with E-state index in [0.29, 0.717) is 6.04 Å². The summed E-state index contributed by atoms with van der Waals surface area (Å²) < 4.78 is 0. The molecular weight excluding hydrogens is 222 g/mol.